The van der Waals surface area contributed by atoms with E-state index in [0.717, 1.165) is 73.4 Å². The fourth-order valence-electron chi connectivity index (χ4n) is 5.24. The highest BCUT2D eigenvalue weighted by molar-refractivity contribution is 5.87. The fourth-order valence-corrected chi connectivity index (χ4v) is 5.24. The first kappa shape index (κ1) is 24.9. The third-order valence-electron chi connectivity index (χ3n) is 7.34. The van der Waals surface area contributed by atoms with E-state index in [1.54, 1.807) is 18.2 Å². The van der Waals surface area contributed by atoms with E-state index < -0.39 is 5.97 Å². The van der Waals surface area contributed by atoms with Crippen molar-refractivity contribution in [3.8, 4) is 11.3 Å². The number of esters is 1. The number of aromatic nitrogens is 3. The highest BCUT2D eigenvalue weighted by Crippen LogP contribution is 2.31. The lowest BCUT2D eigenvalue weighted by Gasteiger charge is -2.41. The Morgan fingerprint density at radius 2 is 1.76 bits per heavy atom. The maximum Gasteiger partial charge on any atom is 0.356 e. The van der Waals surface area contributed by atoms with Gasteiger partial charge in [-0.1, -0.05) is 6.07 Å². The Labute approximate surface area is 217 Å². The van der Waals surface area contributed by atoms with Crippen molar-refractivity contribution in [1.82, 2.24) is 15.0 Å². The number of halogens is 1. The Morgan fingerprint density at radius 3 is 2.43 bits per heavy atom. The largest absolute Gasteiger partial charge is 0.464 e. The Hall–Kier alpha value is -3.75. The molecule has 4 heterocycles. The number of nitrogens with zero attached hydrogens (tertiary/aromatic N) is 6. The van der Waals surface area contributed by atoms with Crippen LogP contribution < -0.4 is 14.7 Å². The summed E-state index contributed by atoms with van der Waals surface area (Å²) in [6.07, 6.45) is 2.23. The molecule has 0 amide bonds. The number of carbonyl (C=O) groups is 1. The van der Waals surface area contributed by atoms with Gasteiger partial charge in [-0.15, -0.1) is 0 Å². The molecule has 0 radical (unpaired) electrons. The first-order valence-corrected chi connectivity index (χ1v) is 12.8. The van der Waals surface area contributed by atoms with Crippen LogP contribution in [0.2, 0.25) is 0 Å². The zero-order chi connectivity index (χ0) is 26.1. The second-order valence-electron chi connectivity index (χ2n) is 9.92. The van der Waals surface area contributed by atoms with Gasteiger partial charge in [-0.05, 0) is 69.5 Å². The van der Waals surface area contributed by atoms with Crippen LogP contribution in [-0.2, 0) is 4.74 Å². The van der Waals surface area contributed by atoms with Crippen molar-refractivity contribution in [2.45, 2.75) is 45.7 Å². The number of pyridine rings is 1. The van der Waals surface area contributed by atoms with Gasteiger partial charge < -0.3 is 19.4 Å². The number of methoxy groups -OCH3 is 1. The average Bonchev–Trinajstić information content (AvgIpc) is 3.34. The monoisotopic (exact) mass is 504 g/mol. The normalized spacial score (nSPS) is 19.9. The minimum atomic E-state index is -0.439. The maximum absolute atomic E-state index is 13.6. The molecule has 2 fully saturated rings. The second kappa shape index (κ2) is 10.3. The molecule has 1 aromatic carbocycles. The lowest BCUT2D eigenvalue weighted by molar-refractivity contribution is 0.0594. The van der Waals surface area contributed by atoms with Gasteiger partial charge in [0.25, 0.3) is 0 Å². The van der Waals surface area contributed by atoms with Crippen molar-refractivity contribution < 1.29 is 13.9 Å². The van der Waals surface area contributed by atoms with E-state index in [-0.39, 0.29) is 11.9 Å². The van der Waals surface area contributed by atoms with Gasteiger partial charge in [-0.2, -0.15) is 4.98 Å². The van der Waals surface area contributed by atoms with Gasteiger partial charge >= 0.3 is 5.97 Å². The molecular formula is C28H33FN6O2. The van der Waals surface area contributed by atoms with Gasteiger partial charge in [-0.25, -0.2) is 19.2 Å². The minimum absolute atomic E-state index is 0.136. The van der Waals surface area contributed by atoms with Crippen LogP contribution in [0.5, 0.6) is 0 Å². The quantitative estimate of drug-likeness (QED) is 0.471. The summed E-state index contributed by atoms with van der Waals surface area (Å²) in [7, 11) is 1.36. The van der Waals surface area contributed by atoms with Crippen LogP contribution in [0.1, 0.15) is 42.7 Å². The summed E-state index contributed by atoms with van der Waals surface area (Å²) in [6, 6.07) is 12.6. The zero-order valence-corrected chi connectivity index (χ0v) is 21.8. The summed E-state index contributed by atoms with van der Waals surface area (Å²) in [5.74, 6) is 1.68. The van der Waals surface area contributed by atoms with E-state index in [2.05, 4.69) is 33.5 Å². The van der Waals surface area contributed by atoms with Gasteiger partial charge in [0.15, 0.2) is 5.69 Å². The molecule has 0 unspecified atom stereocenters. The van der Waals surface area contributed by atoms with Gasteiger partial charge in [0.1, 0.15) is 17.5 Å². The van der Waals surface area contributed by atoms with E-state index in [1.807, 2.05) is 19.1 Å². The number of ether oxygens (including phenoxy) is 1. The first-order valence-electron chi connectivity index (χ1n) is 12.8. The molecule has 0 N–H and O–H groups in total. The van der Waals surface area contributed by atoms with Crippen LogP contribution in [0.25, 0.3) is 11.3 Å². The van der Waals surface area contributed by atoms with E-state index in [0.29, 0.717) is 11.7 Å². The van der Waals surface area contributed by atoms with Crippen LogP contribution >= 0.6 is 0 Å². The molecule has 2 aromatic heterocycles. The van der Waals surface area contributed by atoms with Gasteiger partial charge in [0.05, 0.1) is 12.8 Å². The topological polar surface area (TPSA) is 74.7 Å². The predicted molar refractivity (Wildman–Crippen MR) is 143 cm³/mol. The molecule has 0 spiro atoms. The molecule has 5 rings (SSSR count). The maximum atomic E-state index is 13.6. The lowest BCUT2D eigenvalue weighted by atomic mass is 10.1. The molecule has 0 saturated carbocycles. The summed E-state index contributed by atoms with van der Waals surface area (Å²) in [6.45, 7) is 9.50. The van der Waals surface area contributed by atoms with Crippen LogP contribution in [0.15, 0.2) is 42.5 Å². The Kier molecular flexibility index (Phi) is 6.95. The minimum Gasteiger partial charge on any atom is -0.464 e. The number of benzene rings is 1. The first-order chi connectivity index (χ1) is 17.8. The SMILES string of the molecule is COC(=O)c1ccc(C)c(N2CCN(c3cc(-c4ccc(F)cc4)nc(N4CCC[C@H]4C)n3)[C@H](C)C2)n1. The van der Waals surface area contributed by atoms with Crippen molar-refractivity contribution in [3.63, 3.8) is 0 Å². The number of rotatable bonds is 5. The van der Waals surface area contributed by atoms with Crippen LogP contribution in [-0.4, -0.2) is 66.3 Å². The fraction of sp³-hybridized carbons (Fsp3) is 0.429. The highest BCUT2D eigenvalue weighted by Gasteiger charge is 2.29. The molecule has 37 heavy (non-hydrogen) atoms. The van der Waals surface area contributed by atoms with E-state index >= 15 is 0 Å². The molecule has 194 valence electrons. The molecular weight excluding hydrogens is 471 g/mol. The summed E-state index contributed by atoms with van der Waals surface area (Å²) >= 11 is 0. The third-order valence-corrected chi connectivity index (χ3v) is 7.34. The second-order valence-corrected chi connectivity index (χ2v) is 9.92. The molecule has 2 aliphatic heterocycles. The average molecular weight is 505 g/mol. The number of anilines is 3. The van der Waals surface area contributed by atoms with Gasteiger partial charge in [0.2, 0.25) is 5.95 Å². The van der Waals surface area contributed by atoms with Crippen molar-refractivity contribution >= 4 is 23.6 Å². The van der Waals surface area contributed by atoms with E-state index in [4.69, 9.17) is 14.7 Å². The zero-order valence-electron chi connectivity index (χ0n) is 21.8. The standard InChI is InChI=1S/C28H33FN6O2/c1-18-7-12-23(27(36)37-4)30-26(18)33-14-15-34(20(3)17-33)25-16-24(21-8-10-22(29)11-9-21)31-28(32-25)35-13-5-6-19(35)2/h7-12,16,19-20H,5-6,13-15,17H2,1-4H3/t19-,20-/m1/s1. The van der Waals surface area contributed by atoms with E-state index in [9.17, 15) is 9.18 Å². The van der Waals surface area contributed by atoms with Crippen LogP contribution in [0.4, 0.5) is 22.0 Å². The van der Waals surface area contributed by atoms with E-state index in [1.165, 1.54) is 19.2 Å². The molecule has 2 aliphatic rings. The van der Waals surface area contributed by atoms with Gasteiger partial charge in [-0.3, -0.25) is 0 Å². The molecule has 2 atom stereocenters. The molecule has 9 heteroatoms. The summed E-state index contributed by atoms with van der Waals surface area (Å²) in [5.41, 5.74) is 2.97. The summed E-state index contributed by atoms with van der Waals surface area (Å²) in [5, 5.41) is 0. The smallest absolute Gasteiger partial charge is 0.356 e. The lowest BCUT2D eigenvalue weighted by Crippen LogP contribution is -2.53. The summed E-state index contributed by atoms with van der Waals surface area (Å²) in [4.78, 5) is 33.3. The predicted octanol–water partition coefficient (Wildman–Crippen LogP) is 4.48. The third kappa shape index (κ3) is 5.08. The van der Waals surface area contributed by atoms with Gasteiger partial charge in [0, 0.05) is 49.9 Å². The van der Waals surface area contributed by atoms with Crippen LogP contribution in [0, 0.1) is 12.7 Å². The summed E-state index contributed by atoms with van der Waals surface area (Å²) < 4.78 is 18.5. The molecule has 0 aliphatic carbocycles. The molecule has 8 nitrogen and oxygen atoms in total. The number of piperazine rings is 1. The number of carbonyl (C=O) groups excluding carboxylic acids is 1. The van der Waals surface area contributed by atoms with Crippen molar-refractivity contribution in [1.29, 1.82) is 0 Å². The Balaban J connectivity index is 1.45. The van der Waals surface area contributed by atoms with Crippen molar-refractivity contribution in [2.24, 2.45) is 0 Å². The number of hydrogen-bond donors (Lipinski definition) is 0. The molecule has 3 aromatic rings. The highest BCUT2D eigenvalue weighted by atomic mass is 19.1. The van der Waals surface area contributed by atoms with Crippen molar-refractivity contribution in [3.05, 3.63) is 59.5 Å². The molecule has 2 saturated heterocycles. The Morgan fingerprint density at radius 1 is 0.973 bits per heavy atom. The van der Waals surface area contributed by atoms with Crippen LogP contribution in [0.3, 0.4) is 0 Å². The number of aryl methyl sites for hydroxylation is 1. The number of hydrogen-bond acceptors (Lipinski definition) is 8. The van der Waals surface area contributed by atoms with Crippen molar-refractivity contribution in [2.75, 3.05) is 48.0 Å². The molecule has 0 bridgehead atoms. The Bertz CT molecular complexity index is 1280.